The number of sulfone groups is 1. The quantitative estimate of drug-likeness (QED) is 0.534. The van der Waals surface area contributed by atoms with E-state index in [0.717, 1.165) is 0 Å². The fourth-order valence-electron chi connectivity index (χ4n) is 2.97. The van der Waals surface area contributed by atoms with Gasteiger partial charge in [0.2, 0.25) is 5.91 Å². The molecule has 0 saturated carbocycles. The molecule has 164 valence electrons. The van der Waals surface area contributed by atoms with Gasteiger partial charge in [-0.05, 0) is 44.2 Å². The first-order chi connectivity index (χ1) is 14.8. The third kappa shape index (κ3) is 5.43. The molecule has 0 saturated heterocycles. The van der Waals surface area contributed by atoms with Gasteiger partial charge in [0.1, 0.15) is 16.4 Å². The lowest BCUT2D eigenvalue weighted by molar-refractivity contribution is -0.115. The van der Waals surface area contributed by atoms with Crippen LogP contribution in [-0.4, -0.2) is 39.0 Å². The summed E-state index contributed by atoms with van der Waals surface area (Å²) >= 11 is 0. The summed E-state index contributed by atoms with van der Waals surface area (Å²) in [4.78, 5) is 12.4. The minimum Gasteiger partial charge on any atom is -0.495 e. The number of nitrogens with one attached hydrogen (secondary N) is 1. The van der Waals surface area contributed by atoms with Crippen molar-refractivity contribution >= 4 is 21.4 Å². The van der Waals surface area contributed by atoms with Crippen molar-refractivity contribution in [2.24, 2.45) is 0 Å². The number of hydrogen-bond donors (Lipinski definition) is 1. The van der Waals surface area contributed by atoms with Crippen molar-refractivity contribution in [3.63, 3.8) is 0 Å². The van der Waals surface area contributed by atoms with Crippen LogP contribution in [0.15, 0.2) is 57.9 Å². The van der Waals surface area contributed by atoms with Gasteiger partial charge >= 0.3 is 0 Å². The van der Waals surface area contributed by atoms with Gasteiger partial charge in [0.15, 0.2) is 15.6 Å². The standard InChI is InChI=1S/C22H24N2O6S/c1-4-29-18-8-6-5-7-17(18)23-22(25)11-12-31(26,27)21-14-16(9-10-19(21)28-3)20-13-15(2)24-30-20/h5-10,13-14H,4,11-12H2,1-3H3,(H,23,25). The number of rotatable bonds is 9. The fourth-order valence-corrected chi connectivity index (χ4v) is 4.41. The van der Waals surface area contributed by atoms with Gasteiger partial charge in [-0.25, -0.2) is 8.42 Å². The predicted octanol–water partition coefficient (Wildman–Crippen LogP) is 3.86. The van der Waals surface area contributed by atoms with Crippen LogP contribution in [0, 0.1) is 6.92 Å². The zero-order chi connectivity index (χ0) is 22.4. The number of amides is 1. The Labute approximate surface area is 181 Å². The lowest BCUT2D eigenvalue weighted by Crippen LogP contribution is -2.18. The van der Waals surface area contributed by atoms with Gasteiger partial charge in [-0.2, -0.15) is 0 Å². The van der Waals surface area contributed by atoms with Crippen LogP contribution in [0.2, 0.25) is 0 Å². The Hall–Kier alpha value is -3.33. The summed E-state index contributed by atoms with van der Waals surface area (Å²) in [5.41, 5.74) is 1.72. The molecule has 0 unspecified atom stereocenters. The lowest BCUT2D eigenvalue weighted by Gasteiger charge is -2.12. The van der Waals surface area contributed by atoms with E-state index in [1.54, 1.807) is 49.4 Å². The molecule has 1 aromatic heterocycles. The van der Waals surface area contributed by atoms with Crippen molar-refractivity contribution in [2.45, 2.75) is 25.2 Å². The number of methoxy groups -OCH3 is 1. The summed E-state index contributed by atoms with van der Waals surface area (Å²) in [7, 11) is -2.42. The van der Waals surface area contributed by atoms with Gasteiger partial charge in [-0.3, -0.25) is 4.79 Å². The highest BCUT2D eigenvalue weighted by Gasteiger charge is 2.23. The minimum absolute atomic E-state index is 0.0101. The van der Waals surface area contributed by atoms with E-state index >= 15 is 0 Å². The molecule has 0 radical (unpaired) electrons. The van der Waals surface area contributed by atoms with E-state index in [-0.39, 0.29) is 22.8 Å². The third-order valence-electron chi connectivity index (χ3n) is 4.47. The largest absolute Gasteiger partial charge is 0.495 e. The number of para-hydroxylation sites is 2. The van der Waals surface area contributed by atoms with Crippen molar-refractivity contribution in [3.8, 4) is 22.8 Å². The van der Waals surface area contributed by atoms with E-state index in [4.69, 9.17) is 14.0 Å². The maximum Gasteiger partial charge on any atom is 0.225 e. The molecule has 1 amide bonds. The summed E-state index contributed by atoms with van der Waals surface area (Å²) in [6.45, 7) is 4.06. The maximum absolute atomic E-state index is 13.0. The van der Waals surface area contributed by atoms with Gasteiger partial charge in [0, 0.05) is 18.1 Å². The molecule has 0 aliphatic heterocycles. The van der Waals surface area contributed by atoms with Crippen LogP contribution >= 0.6 is 0 Å². The van der Waals surface area contributed by atoms with E-state index in [9.17, 15) is 13.2 Å². The molecule has 1 N–H and O–H groups in total. The summed E-state index contributed by atoms with van der Waals surface area (Å²) in [5.74, 6) is 0.351. The number of carbonyl (C=O) groups excluding carboxylic acids is 1. The van der Waals surface area contributed by atoms with E-state index in [1.165, 1.54) is 13.2 Å². The summed E-state index contributed by atoms with van der Waals surface area (Å²) in [5, 5.41) is 6.53. The Morgan fingerprint density at radius 1 is 1.13 bits per heavy atom. The monoisotopic (exact) mass is 444 g/mol. The average molecular weight is 445 g/mol. The summed E-state index contributed by atoms with van der Waals surface area (Å²) < 4.78 is 41.9. The number of carbonyl (C=O) groups is 1. The molecule has 0 atom stereocenters. The highest BCUT2D eigenvalue weighted by atomic mass is 32.2. The number of benzene rings is 2. The molecule has 8 nitrogen and oxygen atoms in total. The van der Waals surface area contributed by atoms with Gasteiger partial charge in [0.25, 0.3) is 0 Å². The molecule has 0 aliphatic carbocycles. The molecule has 31 heavy (non-hydrogen) atoms. The molecule has 1 heterocycles. The molecule has 0 bridgehead atoms. The van der Waals surface area contributed by atoms with Crippen molar-refractivity contribution < 1.29 is 27.2 Å². The van der Waals surface area contributed by atoms with Gasteiger partial charge in [-0.1, -0.05) is 17.3 Å². The normalized spacial score (nSPS) is 11.2. The van der Waals surface area contributed by atoms with Crippen LogP contribution in [0.4, 0.5) is 5.69 Å². The molecular weight excluding hydrogens is 420 g/mol. The SMILES string of the molecule is CCOc1ccccc1NC(=O)CCS(=O)(=O)c1cc(-c2cc(C)no2)ccc1OC. The Bertz CT molecular complexity index is 1170. The van der Waals surface area contributed by atoms with Crippen molar-refractivity contribution in [1.82, 2.24) is 5.16 Å². The van der Waals surface area contributed by atoms with Crippen LogP contribution in [0.3, 0.4) is 0 Å². The first-order valence-electron chi connectivity index (χ1n) is 9.70. The second-order valence-corrected chi connectivity index (χ2v) is 8.82. The molecule has 0 spiro atoms. The van der Waals surface area contributed by atoms with Crippen LogP contribution in [-0.2, 0) is 14.6 Å². The van der Waals surface area contributed by atoms with Crippen LogP contribution in [0.1, 0.15) is 19.0 Å². The highest BCUT2D eigenvalue weighted by Crippen LogP contribution is 2.31. The summed E-state index contributed by atoms with van der Waals surface area (Å²) in [6.07, 6.45) is -0.225. The number of anilines is 1. The molecular formula is C22H24N2O6S. The number of aromatic nitrogens is 1. The van der Waals surface area contributed by atoms with Gasteiger partial charge in [0.05, 0.1) is 30.9 Å². The predicted molar refractivity (Wildman–Crippen MR) is 116 cm³/mol. The fraction of sp³-hybridized carbons (Fsp3) is 0.273. The third-order valence-corrected chi connectivity index (χ3v) is 6.20. The average Bonchev–Trinajstić information content (AvgIpc) is 3.20. The molecule has 2 aromatic carbocycles. The summed E-state index contributed by atoms with van der Waals surface area (Å²) in [6, 6.07) is 13.4. The maximum atomic E-state index is 13.0. The number of hydrogen-bond acceptors (Lipinski definition) is 7. The van der Waals surface area contributed by atoms with E-state index in [0.29, 0.717) is 35.1 Å². The molecule has 0 fully saturated rings. The molecule has 3 aromatic rings. The first kappa shape index (κ1) is 22.4. The smallest absolute Gasteiger partial charge is 0.225 e. The Morgan fingerprint density at radius 3 is 2.58 bits per heavy atom. The zero-order valence-electron chi connectivity index (χ0n) is 17.5. The topological polar surface area (TPSA) is 108 Å². The Balaban J connectivity index is 1.77. The van der Waals surface area contributed by atoms with Crippen LogP contribution in [0.5, 0.6) is 11.5 Å². The van der Waals surface area contributed by atoms with Gasteiger partial charge < -0.3 is 19.3 Å². The van der Waals surface area contributed by atoms with E-state index in [2.05, 4.69) is 10.5 Å². The van der Waals surface area contributed by atoms with Gasteiger partial charge in [-0.15, -0.1) is 0 Å². The molecule has 9 heteroatoms. The second-order valence-electron chi connectivity index (χ2n) is 6.74. The van der Waals surface area contributed by atoms with E-state index < -0.39 is 15.7 Å². The second kappa shape index (κ2) is 9.65. The van der Waals surface area contributed by atoms with Crippen molar-refractivity contribution in [2.75, 3.05) is 24.8 Å². The Morgan fingerprint density at radius 2 is 1.90 bits per heavy atom. The first-order valence-corrected chi connectivity index (χ1v) is 11.4. The van der Waals surface area contributed by atoms with Crippen LogP contribution in [0.25, 0.3) is 11.3 Å². The van der Waals surface area contributed by atoms with Crippen molar-refractivity contribution in [3.05, 3.63) is 54.2 Å². The number of aryl methyl sites for hydroxylation is 1. The molecule has 3 rings (SSSR count). The number of nitrogens with zero attached hydrogens (tertiary/aromatic N) is 1. The van der Waals surface area contributed by atoms with Crippen LogP contribution < -0.4 is 14.8 Å². The zero-order valence-corrected chi connectivity index (χ0v) is 18.4. The number of ether oxygens (including phenoxy) is 2. The van der Waals surface area contributed by atoms with Crippen molar-refractivity contribution in [1.29, 1.82) is 0 Å². The lowest BCUT2D eigenvalue weighted by atomic mass is 10.1. The highest BCUT2D eigenvalue weighted by molar-refractivity contribution is 7.91. The van der Waals surface area contributed by atoms with E-state index in [1.807, 2.05) is 6.92 Å². The molecule has 0 aliphatic rings. The minimum atomic E-state index is -3.81. The Kier molecular flexibility index (Phi) is 6.96.